The Bertz CT molecular complexity index is 329. The standard InChI is InChI=1S/C12H18FNO2/c1-9(14)10-4-5-12(11(13)8-10)16-7-3-2-6-15/h4-5,8-9,15H,2-3,6-7,14H2,1H3. The van der Waals surface area contributed by atoms with Crippen LogP contribution in [0, 0.1) is 5.82 Å². The summed E-state index contributed by atoms with van der Waals surface area (Å²) in [5.74, 6) is -0.152. The first kappa shape index (κ1) is 12.9. The van der Waals surface area contributed by atoms with Gasteiger partial charge < -0.3 is 15.6 Å². The van der Waals surface area contributed by atoms with Gasteiger partial charge in [0.1, 0.15) is 0 Å². The summed E-state index contributed by atoms with van der Waals surface area (Å²) >= 11 is 0. The Labute approximate surface area is 95.0 Å². The number of aliphatic hydroxyl groups excluding tert-OH is 1. The van der Waals surface area contributed by atoms with Crippen molar-refractivity contribution in [3.63, 3.8) is 0 Å². The fourth-order valence-corrected chi connectivity index (χ4v) is 1.31. The quantitative estimate of drug-likeness (QED) is 0.731. The SMILES string of the molecule is CC(N)c1ccc(OCCCCO)c(F)c1. The summed E-state index contributed by atoms with van der Waals surface area (Å²) in [4.78, 5) is 0. The third kappa shape index (κ3) is 3.79. The molecule has 0 aliphatic heterocycles. The molecule has 0 heterocycles. The highest BCUT2D eigenvalue weighted by molar-refractivity contribution is 5.30. The summed E-state index contributed by atoms with van der Waals surface area (Å²) in [5, 5.41) is 8.57. The number of ether oxygens (including phenoxy) is 1. The van der Waals surface area contributed by atoms with Crippen LogP contribution in [-0.2, 0) is 0 Å². The first-order chi connectivity index (χ1) is 7.65. The first-order valence-corrected chi connectivity index (χ1v) is 5.44. The van der Waals surface area contributed by atoms with Crippen LogP contribution in [0.3, 0.4) is 0 Å². The Morgan fingerprint density at radius 1 is 1.44 bits per heavy atom. The predicted molar refractivity (Wildman–Crippen MR) is 60.8 cm³/mol. The Kier molecular flexibility index (Phi) is 5.22. The third-order valence-corrected chi connectivity index (χ3v) is 2.29. The molecule has 0 radical (unpaired) electrons. The predicted octanol–water partition coefficient (Wildman–Crippen LogP) is 2.00. The lowest BCUT2D eigenvalue weighted by atomic mass is 10.1. The van der Waals surface area contributed by atoms with Gasteiger partial charge in [-0.05, 0) is 37.5 Å². The van der Waals surface area contributed by atoms with Crippen LogP contribution in [0.1, 0.15) is 31.4 Å². The Hall–Kier alpha value is -1.13. The van der Waals surface area contributed by atoms with Crippen LogP contribution < -0.4 is 10.5 Å². The van der Waals surface area contributed by atoms with Crippen molar-refractivity contribution in [3.8, 4) is 5.75 Å². The molecular weight excluding hydrogens is 209 g/mol. The van der Waals surface area contributed by atoms with Crippen LogP contribution in [0.4, 0.5) is 4.39 Å². The highest BCUT2D eigenvalue weighted by Gasteiger charge is 2.06. The molecule has 90 valence electrons. The van der Waals surface area contributed by atoms with Crippen LogP contribution in [0.2, 0.25) is 0 Å². The maximum absolute atomic E-state index is 13.5. The highest BCUT2D eigenvalue weighted by Crippen LogP contribution is 2.21. The van der Waals surface area contributed by atoms with Crippen LogP contribution >= 0.6 is 0 Å². The van der Waals surface area contributed by atoms with Gasteiger partial charge in [-0.2, -0.15) is 0 Å². The van der Waals surface area contributed by atoms with Gasteiger partial charge in [0.15, 0.2) is 11.6 Å². The van der Waals surface area contributed by atoms with E-state index in [2.05, 4.69) is 0 Å². The lowest BCUT2D eigenvalue weighted by Crippen LogP contribution is -2.06. The molecule has 1 aromatic carbocycles. The molecule has 0 bridgehead atoms. The van der Waals surface area contributed by atoms with E-state index >= 15 is 0 Å². The molecule has 0 amide bonds. The molecular formula is C12H18FNO2. The molecule has 0 saturated carbocycles. The second-order valence-corrected chi connectivity index (χ2v) is 3.76. The largest absolute Gasteiger partial charge is 0.491 e. The zero-order chi connectivity index (χ0) is 12.0. The van der Waals surface area contributed by atoms with Crippen LogP contribution in [-0.4, -0.2) is 18.3 Å². The molecule has 0 saturated heterocycles. The Morgan fingerprint density at radius 2 is 2.19 bits per heavy atom. The number of nitrogens with two attached hydrogens (primary N) is 1. The lowest BCUT2D eigenvalue weighted by molar-refractivity contribution is 0.248. The normalized spacial score (nSPS) is 12.5. The molecule has 4 heteroatoms. The van der Waals surface area contributed by atoms with Gasteiger partial charge in [0.2, 0.25) is 0 Å². The summed E-state index contributed by atoms with van der Waals surface area (Å²) < 4.78 is 18.7. The number of hydrogen-bond acceptors (Lipinski definition) is 3. The number of rotatable bonds is 6. The van der Waals surface area contributed by atoms with Gasteiger partial charge in [-0.15, -0.1) is 0 Å². The first-order valence-electron chi connectivity index (χ1n) is 5.44. The number of unbranched alkanes of at least 4 members (excludes halogenated alkanes) is 1. The van der Waals surface area contributed by atoms with Crippen molar-refractivity contribution in [2.75, 3.05) is 13.2 Å². The van der Waals surface area contributed by atoms with E-state index in [0.717, 1.165) is 5.56 Å². The van der Waals surface area contributed by atoms with Gasteiger partial charge in [-0.3, -0.25) is 0 Å². The molecule has 1 rings (SSSR count). The van der Waals surface area contributed by atoms with Crippen molar-refractivity contribution in [1.82, 2.24) is 0 Å². The molecule has 0 aromatic heterocycles. The van der Waals surface area contributed by atoms with Gasteiger partial charge in [0.25, 0.3) is 0 Å². The van der Waals surface area contributed by atoms with Crippen molar-refractivity contribution >= 4 is 0 Å². The molecule has 3 nitrogen and oxygen atoms in total. The number of benzene rings is 1. The van der Waals surface area contributed by atoms with Crippen LogP contribution in [0.5, 0.6) is 5.75 Å². The van der Waals surface area contributed by atoms with E-state index < -0.39 is 5.82 Å². The van der Waals surface area contributed by atoms with Crippen molar-refractivity contribution in [3.05, 3.63) is 29.6 Å². The second-order valence-electron chi connectivity index (χ2n) is 3.76. The van der Waals surface area contributed by atoms with Crippen molar-refractivity contribution in [2.24, 2.45) is 5.73 Å². The summed E-state index contributed by atoms with van der Waals surface area (Å²) in [6, 6.07) is 4.56. The van der Waals surface area contributed by atoms with Crippen LogP contribution in [0.25, 0.3) is 0 Å². The number of halogens is 1. The fourth-order valence-electron chi connectivity index (χ4n) is 1.31. The minimum atomic E-state index is -0.390. The second kappa shape index (κ2) is 6.45. The van der Waals surface area contributed by atoms with Crippen molar-refractivity contribution in [1.29, 1.82) is 0 Å². The smallest absolute Gasteiger partial charge is 0.165 e. The Morgan fingerprint density at radius 3 is 2.75 bits per heavy atom. The molecule has 16 heavy (non-hydrogen) atoms. The van der Waals surface area contributed by atoms with E-state index in [1.807, 2.05) is 0 Å². The molecule has 1 atom stereocenters. The maximum atomic E-state index is 13.5. The third-order valence-electron chi connectivity index (χ3n) is 2.29. The summed E-state index contributed by atoms with van der Waals surface area (Å²) in [6.07, 6.45) is 1.38. The van der Waals surface area contributed by atoms with Crippen molar-refractivity contribution < 1.29 is 14.2 Å². The molecule has 1 aromatic rings. The fraction of sp³-hybridized carbons (Fsp3) is 0.500. The topological polar surface area (TPSA) is 55.5 Å². The summed E-state index contributed by atoms with van der Waals surface area (Å²) in [6.45, 7) is 2.35. The van der Waals surface area contributed by atoms with Crippen molar-refractivity contribution in [2.45, 2.75) is 25.8 Å². The average Bonchev–Trinajstić information content (AvgIpc) is 2.26. The average molecular weight is 227 g/mol. The van der Waals surface area contributed by atoms with Gasteiger partial charge in [-0.25, -0.2) is 4.39 Å². The lowest BCUT2D eigenvalue weighted by Gasteiger charge is -2.10. The van der Waals surface area contributed by atoms with E-state index in [1.54, 1.807) is 19.1 Å². The van der Waals surface area contributed by atoms with Gasteiger partial charge in [0, 0.05) is 12.6 Å². The van der Waals surface area contributed by atoms with E-state index in [4.69, 9.17) is 15.6 Å². The molecule has 1 unspecified atom stereocenters. The molecule has 3 N–H and O–H groups in total. The van der Waals surface area contributed by atoms with Gasteiger partial charge >= 0.3 is 0 Å². The van der Waals surface area contributed by atoms with Gasteiger partial charge in [-0.1, -0.05) is 6.07 Å². The Balaban J connectivity index is 2.54. The van der Waals surface area contributed by atoms with E-state index in [9.17, 15) is 4.39 Å². The van der Waals surface area contributed by atoms with E-state index in [1.165, 1.54) is 6.07 Å². The minimum Gasteiger partial charge on any atom is -0.491 e. The molecule has 0 aliphatic carbocycles. The van der Waals surface area contributed by atoms with E-state index in [-0.39, 0.29) is 18.4 Å². The minimum absolute atomic E-state index is 0.134. The molecule has 0 fully saturated rings. The van der Waals surface area contributed by atoms with Gasteiger partial charge in [0.05, 0.1) is 6.61 Å². The number of aliphatic hydroxyl groups is 1. The highest BCUT2D eigenvalue weighted by atomic mass is 19.1. The maximum Gasteiger partial charge on any atom is 0.165 e. The molecule has 0 spiro atoms. The van der Waals surface area contributed by atoms with E-state index in [0.29, 0.717) is 19.4 Å². The summed E-state index contributed by atoms with van der Waals surface area (Å²) in [7, 11) is 0. The summed E-state index contributed by atoms with van der Waals surface area (Å²) in [5.41, 5.74) is 6.39. The number of hydrogen-bond donors (Lipinski definition) is 2. The zero-order valence-corrected chi connectivity index (χ0v) is 9.45. The van der Waals surface area contributed by atoms with Crippen LogP contribution in [0.15, 0.2) is 18.2 Å². The zero-order valence-electron chi connectivity index (χ0n) is 9.45. The monoisotopic (exact) mass is 227 g/mol. The molecule has 0 aliphatic rings.